The molecule has 0 aliphatic rings. The number of rotatable bonds is 6. The van der Waals surface area contributed by atoms with Crippen LogP contribution in [0.5, 0.6) is 0 Å². The molecule has 0 atom stereocenters. The Bertz CT molecular complexity index is 1390. The van der Waals surface area contributed by atoms with E-state index in [0.29, 0.717) is 0 Å². The minimum Gasteiger partial charge on any atom is -0.0735 e. The van der Waals surface area contributed by atoms with Crippen molar-refractivity contribution in [3.63, 3.8) is 0 Å². The first-order chi connectivity index (χ1) is 15.8. The quantitative estimate of drug-likeness (QED) is 0.162. The summed E-state index contributed by atoms with van der Waals surface area (Å²) in [6, 6.07) is 21.4. The fourth-order valence-corrected chi connectivity index (χ4v) is 157. The van der Waals surface area contributed by atoms with Crippen LogP contribution in [0, 0.1) is 0 Å². The highest BCUT2D eigenvalue weighted by molar-refractivity contribution is 7.97. The molecule has 0 aliphatic carbocycles. The van der Waals surface area contributed by atoms with Crippen molar-refractivity contribution in [3.8, 4) is 0 Å². The number of hydrogen-bond donors (Lipinski definition) is 0. The van der Waals surface area contributed by atoms with Gasteiger partial charge in [0, 0.05) is 36.0 Å². The molecule has 0 saturated heterocycles. The van der Waals surface area contributed by atoms with Crippen LogP contribution >= 0.6 is 0 Å². The van der Waals surface area contributed by atoms with Gasteiger partial charge in [0.2, 0.25) is 0 Å². The van der Waals surface area contributed by atoms with Gasteiger partial charge in [0.05, 0.1) is 7.59 Å². The molecule has 0 N–H and O–H groups in total. The second-order valence-corrected chi connectivity index (χ2v) is 80.4. The normalized spacial score (nSPS) is 15.0. The summed E-state index contributed by atoms with van der Waals surface area (Å²) < 4.78 is 0. The third-order valence-electron chi connectivity index (χ3n) is 12.3. The SMILES string of the molecule is C[Si](C)(C)[Si](C)(C)[Si](C)(C)[Si](C)(C)[Si](C)(C)[Si](C)(C)c1ccc2ccc3cccc4ccc1c2c34. The largest absolute Gasteiger partial charge is 0.0735 e. The molecule has 0 unspecified atom stereocenters. The van der Waals surface area contributed by atoms with Crippen molar-refractivity contribution in [2.24, 2.45) is 0 Å². The molecule has 0 aromatic heterocycles. The lowest BCUT2D eigenvalue weighted by atomic mass is 9.94. The molecule has 4 aromatic carbocycles. The van der Waals surface area contributed by atoms with Gasteiger partial charge in [0.25, 0.3) is 0 Å². The molecule has 0 radical (unpaired) electrons. The van der Waals surface area contributed by atoms with E-state index in [1.165, 1.54) is 26.9 Å². The summed E-state index contributed by atoms with van der Waals surface area (Å²) in [5.74, 6) is 0. The van der Waals surface area contributed by atoms with E-state index in [0.717, 1.165) is 0 Å². The van der Waals surface area contributed by atoms with Crippen molar-refractivity contribution < 1.29 is 0 Å². The number of hydrogen-bond acceptors (Lipinski definition) is 0. The predicted molar refractivity (Wildman–Crippen MR) is 181 cm³/mol. The third-order valence-corrected chi connectivity index (χ3v) is 133. The Balaban J connectivity index is 1.97. The van der Waals surface area contributed by atoms with Crippen LogP contribution in [0.3, 0.4) is 0 Å². The van der Waals surface area contributed by atoms with E-state index in [2.05, 4.69) is 140 Å². The highest BCUT2D eigenvalue weighted by Gasteiger charge is 2.65. The van der Waals surface area contributed by atoms with Crippen LogP contribution < -0.4 is 5.19 Å². The second-order valence-electron chi connectivity index (χ2n) is 14.8. The van der Waals surface area contributed by atoms with Crippen molar-refractivity contribution >= 4 is 81.1 Å². The van der Waals surface area contributed by atoms with Crippen LogP contribution in [0.1, 0.15) is 0 Å². The van der Waals surface area contributed by atoms with Gasteiger partial charge in [0.15, 0.2) is 0 Å². The molecule has 0 aliphatic heterocycles. The Labute approximate surface area is 219 Å². The standard InChI is InChI=1S/C29H48Si6/c1-30(2,3)32(6,7)34(10,11)35(12,13)33(8,9)31(4,5)27-22-20-25-18-17-23-15-14-16-24-19-21-26(27)29(25)28(23)24/h14-22H,1-13H3. The van der Waals surface area contributed by atoms with Gasteiger partial charge < -0.3 is 0 Å². The topological polar surface area (TPSA) is 0 Å². The molecule has 35 heavy (non-hydrogen) atoms. The summed E-state index contributed by atoms with van der Waals surface area (Å²) in [5.41, 5.74) is 0. The summed E-state index contributed by atoms with van der Waals surface area (Å²) >= 11 is 0. The fourth-order valence-electron chi connectivity index (χ4n) is 6.90. The van der Waals surface area contributed by atoms with Gasteiger partial charge in [-0.15, -0.1) is 0 Å². The van der Waals surface area contributed by atoms with E-state index in [4.69, 9.17) is 0 Å². The molecule has 0 bridgehead atoms. The maximum absolute atomic E-state index is 2.88. The molecule has 0 nitrogen and oxygen atoms in total. The van der Waals surface area contributed by atoms with Crippen LogP contribution in [0.4, 0.5) is 0 Å². The zero-order chi connectivity index (χ0) is 26.4. The minimum atomic E-state index is -1.71. The highest BCUT2D eigenvalue weighted by atomic mass is 30.0. The summed E-state index contributed by atoms with van der Waals surface area (Å²) in [7, 11) is -8.50. The monoisotopic (exact) mass is 564 g/mol. The Kier molecular flexibility index (Phi) is 6.32. The van der Waals surface area contributed by atoms with E-state index in [-0.39, 0.29) is 0 Å². The first-order valence-electron chi connectivity index (χ1n) is 13.5. The molecule has 4 aromatic rings. The molecule has 188 valence electrons. The van der Waals surface area contributed by atoms with Gasteiger partial charge in [-0.25, -0.2) is 0 Å². The molecule has 0 heterocycles. The summed E-state index contributed by atoms with van der Waals surface area (Å²) in [6.45, 7) is 36.4. The van der Waals surface area contributed by atoms with Crippen molar-refractivity contribution in [2.75, 3.05) is 0 Å². The highest BCUT2D eigenvalue weighted by Crippen LogP contribution is 2.43. The van der Waals surface area contributed by atoms with Crippen LogP contribution in [-0.2, 0) is 0 Å². The van der Waals surface area contributed by atoms with Gasteiger partial charge >= 0.3 is 0 Å². The lowest BCUT2D eigenvalue weighted by Gasteiger charge is -2.61. The first-order valence-corrected chi connectivity index (χ1v) is 37.0. The Morgan fingerprint density at radius 2 is 0.829 bits per heavy atom. The molecule has 4 rings (SSSR count). The maximum Gasteiger partial charge on any atom is 0.0719 e. The van der Waals surface area contributed by atoms with Gasteiger partial charge in [-0.2, -0.15) is 0 Å². The Morgan fingerprint density at radius 3 is 1.34 bits per heavy atom. The van der Waals surface area contributed by atoms with Crippen LogP contribution in [0.25, 0.3) is 32.3 Å². The second kappa shape index (κ2) is 8.11. The minimum absolute atomic E-state index is 1.16. The summed E-state index contributed by atoms with van der Waals surface area (Å²) in [5, 5.41) is 10.5. The smallest absolute Gasteiger partial charge is 0.0719 e. The number of benzene rings is 4. The van der Waals surface area contributed by atoms with E-state index in [1.54, 1.807) is 10.6 Å². The fraction of sp³-hybridized carbons (Fsp3) is 0.448. The van der Waals surface area contributed by atoms with Gasteiger partial charge in [-0.05, 0) is 32.3 Å². The van der Waals surface area contributed by atoms with Crippen LogP contribution in [0.2, 0.25) is 85.1 Å². The molecule has 0 saturated carbocycles. The average Bonchev–Trinajstić information content (AvgIpc) is 2.76. The molecular weight excluding hydrogens is 517 g/mol. The average molecular weight is 565 g/mol. The van der Waals surface area contributed by atoms with Crippen LogP contribution in [0.15, 0.2) is 54.6 Å². The van der Waals surface area contributed by atoms with Crippen molar-refractivity contribution in [1.82, 2.24) is 0 Å². The van der Waals surface area contributed by atoms with Gasteiger partial charge in [-0.1, -0.05) is 145 Å². The van der Waals surface area contributed by atoms with E-state index in [1.807, 2.05) is 0 Å². The zero-order valence-corrected chi connectivity index (χ0v) is 30.7. The van der Waals surface area contributed by atoms with Crippen molar-refractivity contribution in [3.05, 3.63) is 54.6 Å². The van der Waals surface area contributed by atoms with Gasteiger partial charge in [-0.3, -0.25) is 0 Å². The molecule has 0 amide bonds. The van der Waals surface area contributed by atoms with Crippen molar-refractivity contribution in [1.29, 1.82) is 0 Å². The Hall–Kier alpha value is -0.779. The zero-order valence-electron chi connectivity index (χ0n) is 24.7. The Morgan fingerprint density at radius 1 is 0.400 bits per heavy atom. The first kappa shape index (κ1) is 27.3. The van der Waals surface area contributed by atoms with E-state index in [9.17, 15) is 0 Å². The maximum atomic E-state index is 2.88. The van der Waals surface area contributed by atoms with Crippen LogP contribution in [-0.4, -0.2) is 43.6 Å². The van der Waals surface area contributed by atoms with E-state index < -0.39 is 43.6 Å². The van der Waals surface area contributed by atoms with Gasteiger partial charge in [0.1, 0.15) is 0 Å². The summed E-state index contributed by atoms with van der Waals surface area (Å²) in [4.78, 5) is 0. The van der Waals surface area contributed by atoms with Crippen molar-refractivity contribution in [2.45, 2.75) is 85.1 Å². The predicted octanol–water partition coefficient (Wildman–Crippen LogP) is 9.06. The summed E-state index contributed by atoms with van der Waals surface area (Å²) in [6.07, 6.45) is 0. The molecule has 6 heteroatoms. The molecular formula is C29H48Si6. The molecule has 0 fully saturated rings. The molecule has 0 spiro atoms. The lowest BCUT2D eigenvalue weighted by molar-refractivity contribution is 1.72. The lowest BCUT2D eigenvalue weighted by Crippen LogP contribution is -2.89. The third kappa shape index (κ3) is 3.57. The van der Waals surface area contributed by atoms with E-state index >= 15 is 0 Å².